The van der Waals surface area contributed by atoms with E-state index in [-0.39, 0.29) is 5.92 Å². The minimum atomic E-state index is -0.860. The van der Waals surface area contributed by atoms with Gasteiger partial charge in [-0.25, -0.2) is 9.78 Å². The van der Waals surface area contributed by atoms with E-state index in [9.17, 15) is 9.90 Å². The van der Waals surface area contributed by atoms with Gasteiger partial charge in [0.1, 0.15) is 4.88 Å². The van der Waals surface area contributed by atoms with Gasteiger partial charge in [0.2, 0.25) is 0 Å². The number of hydrogen-bond donors (Lipinski definition) is 1. The van der Waals surface area contributed by atoms with Gasteiger partial charge in [0, 0.05) is 24.1 Å². The number of aromatic carboxylic acids is 1. The number of rotatable bonds is 3. The first-order chi connectivity index (χ1) is 8.50. The highest BCUT2D eigenvalue weighted by molar-refractivity contribution is 7.99. The summed E-state index contributed by atoms with van der Waals surface area (Å²) in [5.74, 6) is 1.46. The summed E-state index contributed by atoms with van der Waals surface area (Å²) >= 11 is 3.26. The van der Waals surface area contributed by atoms with Crippen molar-refractivity contribution in [2.75, 3.05) is 23.0 Å². The second-order valence-electron chi connectivity index (χ2n) is 4.79. The Morgan fingerprint density at radius 1 is 1.56 bits per heavy atom. The van der Waals surface area contributed by atoms with Crippen molar-refractivity contribution in [2.24, 2.45) is 0 Å². The van der Waals surface area contributed by atoms with Crippen LogP contribution in [0.4, 0.5) is 5.13 Å². The van der Waals surface area contributed by atoms with Crippen molar-refractivity contribution in [2.45, 2.75) is 32.7 Å². The Morgan fingerprint density at radius 2 is 2.28 bits per heavy atom. The van der Waals surface area contributed by atoms with Crippen LogP contribution in [0.2, 0.25) is 0 Å². The Bertz CT molecular complexity index is 445. The molecule has 0 amide bonds. The van der Waals surface area contributed by atoms with E-state index in [0.29, 0.717) is 16.6 Å². The molecule has 4 nitrogen and oxygen atoms in total. The van der Waals surface area contributed by atoms with E-state index in [1.807, 2.05) is 25.6 Å². The van der Waals surface area contributed by atoms with Gasteiger partial charge in [0.25, 0.3) is 0 Å². The number of thiazole rings is 1. The van der Waals surface area contributed by atoms with Gasteiger partial charge in [-0.3, -0.25) is 0 Å². The van der Waals surface area contributed by atoms with E-state index in [4.69, 9.17) is 0 Å². The molecule has 1 N–H and O–H groups in total. The Kier molecular flexibility index (Phi) is 4.17. The first kappa shape index (κ1) is 13.7. The molecular formula is C12H18N2O2S2. The van der Waals surface area contributed by atoms with Crippen molar-refractivity contribution < 1.29 is 9.90 Å². The second kappa shape index (κ2) is 5.48. The lowest BCUT2D eigenvalue weighted by molar-refractivity contribution is 0.0700. The van der Waals surface area contributed by atoms with Crippen molar-refractivity contribution in [3.05, 3.63) is 10.6 Å². The van der Waals surface area contributed by atoms with Crippen LogP contribution in [0.1, 0.15) is 42.1 Å². The average Bonchev–Trinajstić information content (AvgIpc) is 2.74. The van der Waals surface area contributed by atoms with Gasteiger partial charge in [-0.2, -0.15) is 11.8 Å². The number of carboxylic acid groups (broad SMARTS) is 1. The van der Waals surface area contributed by atoms with E-state index >= 15 is 0 Å². The molecule has 0 bridgehead atoms. The molecule has 0 aliphatic carbocycles. The van der Waals surface area contributed by atoms with Crippen LogP contribution in [0.5, 0.6) is 0 Å². The monoisotopic (exact) mass is 286 g/mol. The van der Waals surface area contributed by atoms with Crippen LogP contribution in [0.3, 0.4) is 0 Å². The molecule has 1 saturated heterocycles. The van der Waals surface area contributed by atoms with Crippen LogP contribution in [0, 0.1) is 0 Å². The Balaban J connectivity index is 2.33. The fourth-order valence-corrected chi connectivity index (χ4v) is 4.20. The van der Waals surface area contributed by atoms with Crippen molar-refractivity contribution in [1.29, 1.82) is 0 Å². The fraction of sp³-hybridized carbons (Fsp3) is 0.667. The molecule has 1 aliphatic rings. The molecule has 1 fully saturated rings. The third-order valence-corrected chi connectivity index (χ3v) is 5.28. The highest BCUT2D eigenvalue weighted by Gasteiger charge is 2.26. The number of hydrogen-bond acceptors (Lipinski definition) is 5. The third-order valence-electron chi connectivity index (χ3n) is 3.00. The fourth-order valence-electron chi connectivity index (χ4n) is 2.00. The van der Waals surface area contributed by atoms with Gasteiger partial charge in [-0.1, -0.05) is 25.2 Å². The largest absolute Gasteiger partial charge is 0.477 e. The predicted octanol–water partition coefficient (Wildman–Crippen LogP) is 2.91. The van der Waals surface area contributed by atoms with Gasteiger partial charge < -0.3 is 10.0 Å². The molecule has 2 rings (SSSR count). The number of nitrogens with zero attached hydrogens (tertiary/aromatic N) is 2. The summed E-state index contributed by atoms with van der Waals surface area (Å²) in [6, 6.07) is 0.427. The Morgan fingerprint density at radius 3 is 2.78 bits per heavy atom. The van der Waals surface area contributed by atoms with Crippen LogP contribution in [0.25, 0.3) is 0 Å². The lowest BCUT2D eigenvalue weighted by Gasteiger charge is -2.32. The highest BCUT2D eigenvalue weighted by atomic mass is 32.2. The van der Waals surface area contributed by atoms with Gasteiger partial charge in [-0.15, -0.1) is 0 Å². The summed E-state index contributed by atoms with van der Waals surface area (Å²) < 4.78 is 0. The number of aromatic nitrogens is 1. The van der Waals surface area contributed by atoms with Crippen LogP contribution in [-0.2, 0) is 0 Å². The first-order valence-corrected chi connectivity index (χ1v) is 8.06. The predicted molar refractivity (Wildman–Crippen MR) is 77.3 cm³/mol. The van der Waals surface area contributed by atoms with Crippen LogP contribution < -0.4 is 4.90 Å². The molecule has 2 heterocycles. The van der Waals surface area contributed by atoms with Crippen molar-refractivity contribution in [3.63, 3.8) is 0 Å². The van der Waals surface area contributed by atoms with E-state index in [1.54, 1.807) is 0 Å². The van der Waals surface area contributed by atoms with E-state index in [1.165, 1.54) is 11.3 Å². The van der Waals surface area contributed by atoms with Crippen molar-refractivity contribution in [3.8, 4) is 0 Å². The summed E-state index contributed by atoms with van der Waals surface area (Å²) in [7, 11) is 0. The molecule has 1 aromatic heterocycles. The minimum absolute atomic E-state index is 0.149. The zero-order valence-electron chi connectivity index (χ0n) is 10.8. The number of thioether (sulfide) groups is 1. The molecule has 1 aromatic rings. The number of carboxylic acids is 1. The molecule has 6 heteroatoms. The van der Waals surface area contributed by atoms with Crippen LogP contribution >= 0.6 is 23.1 Å². The maximum absolute atomic E-state index is 11.3. The minimum Gasteiger partial charge on any atom is -0.477 e. The Hall–Kier alpha value is -0.750. The standard InChI is InChI=1S/C12H18N2O2S2/c1-7(2)9-10(11(15)16)18-12(13-9)14-4-5-17-6-8(14)3/h7-8H,4-6H2,1-3H3,(H,15,16). The summed E-state index contributed by atoms with van der Waals surface area (Å²) in [5, 5.41) is 10.1. The molecule has 1 atom stereocenters. The van der Waals surface area contributed by atoms with Gasteiger partial charge in [-0.05, 0) is 12.8 Å². The normalized spacial score (nSPS) is 20.4. The molecule has 1 unspecified atom stereocenters. The second-order valence-corrected chi connectivity index (χ2v) is 6.92. The van der Waals surface area contributed by atoms with Gasteiger partial charge in [0.15, 0.2) is 5.13 Å². The average molecular weight is 286 g/mol. The quantitative estimate of drug-likeness (QED) is 0.926. The molecule has 0 spiro atoms. The molecule has 0 saturated carbocycles. The van der Waals surface area contributed by atoms with E-state index in [2.05, 4.69) is 16.8 Å². The number of anilines is 1. The smallest absolute Gasteiger partial charge is 0.347 e. The summed E-state index contributed by atoms with van der Waals surface area (Å²) in [4.78, 5) is 18.4. The van der Waals surface area contributed by atoms with Crippen LogP contribution in [0.15, 0.2) is 0 Å². The first-order valence-electron chi connectivity index (χ1n) is 6.09. The SMILES string of the molecule is CC(C)c1nc(N2CCSCC2C)sc1C(=O)O. The topological polar surface area (TPSA) is 53.4 Å². The lowest BCUT2D eigenvalue weighted by Crippen LogP contribution is -2.40. The summed E-state index contributed by atoms with van der Waals surface area (Å²) in [6.07, 6.45) is 0. The highest BCUT2D eigenvalue weighted by Crippen LogP contribution is 2.33. The molecule has 1 aliphatic heterocycles. The molecular weight excluding hydrogens is 268 g/mol. The van der Waals surface area contributed by atoms with Gasteiger partial charge >= 0.3 is 5.97 Å². The summed E-state index contributed by atoms with van der Waals surface area (Å²) in [5.41, 5.74) is 0.716. The van der Waals surface area contributed by atoms with Crippen LogP contribution in [-0.4, -0.2) is 40.2 Å². The maximum atomic E-state index is 11.3. The van der Waals surface area contributed by atoms with Gasteiger partial charge in [0.05, 0.1) is 5.69 Å². The zero-order valence-corrected chi connectivity index (χ0v) is 12.5. The summed E-state index contributed by atoms with van der Waals surface area (Å²) in [6.45, 7) is 7.10. The molecule has 0 radical (unpaired) electrons. The lowest BCUT2D eigenvalue weighted by atomic mass is 10.1. The van der Waals surface area contributed by atoms with Crippen molar-refractivity contribution in [1.82, 2.24) is 4.98 Å². The number of carbonyl (C=O) groups is 1. The maximum Gasteiger partial charge on any atom is 0.347 e. The van der Waals surface area contributed by atoms with E-state index in [0.717, 1.165) is 23.2 Å². The van der Waals surface area contributed by atoms with E-state index < -0.39 is 5.97 Å². The third kappa shape index (κ3) is 2.64. The molecule has 100 valence electrons. The Labute approximate surface area is 115 Å². The molecule has 18 heavy (non-hydrogen) atoms. The zero-order chi connectivity index (χ0) is 13.3. The molecule has 0 aromatic carbocycles. The van der Waals surface area contributed by atoms with Crippen molar-refractivity contribution >= 4 is 34.2 Å².